The van der Waals surface area contributed by atoms with Crippen LogP contribution in [0.25, 0.3) is 10.9 Å². The van der Waals surface area contributed by atoms with Gasteiger partial charge in [-0.1, -0.05) is 24.3 Å². The molecule has 8 nitrogen and oxygen atoms in total. The molecule has 0 fully saturated rings. The van der Waals surface area contributed by atoms with E-state index in [4.69, 9.17) is 4.74 Å². The molecule has 182 valence electrons. The first-order chi connectivity index (χ1) is 16.8. The number of thiophene rings is 1. The van der Waals surface area contributed by atoms with Crippen molar-refractivity contribution in [1.82, 2.24) is 14.6 Å². The Balaban J connectivity index is 1.73. The van der Waals surface area contributed by atoms with Gasteiger partial charge in [-0.2, -0.15) is 4.72 Å². The highest BCUT2D eigenvalue weighted by molar-refractivity contribution is 7.89. The molecular formula is C25H25N3O5S2. The predicted octanol–water partition coefficient (Wildman–Crippen LogP) is 3.67. The van der Waals surface area contributed by atoms with Gasteiger partial charge in [-0.3, -0.25) is 9.59 Å². The van der Waals surface area contributed by atoms with Crippen LogP contribution in [0.15, 0.2) is 81.8 Å². The van der Waals surface area contributed by atoms with E-state index in [1.54, 1.807) is 35.2 Å². The van der Waals surface area contributed by atoms with Gasteiger partial charge in [0, 0.05) is 28.6 Å². The average Bonchev–Trinajstić information content (AvgIpc) is 3.38. The number of benzene rings is 2. The number of rotatable bonds is 9. The van der Waals surface area contributed by atoms with Gasteiger partial charge in [0.2, 0.25) is 21.5 Å². The van der Waals surface area contributed by atoms with Gasteiger partial charge in [0.1, 0.15) is 11.8 Å². The van der Waals surface area contributed by atoms with Crippen LogP contribution in [-0.4, -0.2) is 37.9 Å². The van der Waals surface area contributed by atoms with Crippen molar-refractivity contribution in [2.75, 3.05) is 13.7 Å². The summed E-state index contributed by atoms with van der Waals surface area (Å²) in [6.45, 7) is 2.61. The number of hydrogen-bond donors (Lipinski definition) is 2. The molecule has 0 spiro atoms. The van der Waals surface area contributed by atoms with E-state index in [0.29, 0.717) is 35.3 Å². The average molecular weight is 512 g/mol. The Morgan fingerprint density at radius 1 is 1.11 bits per heavy atom. The molecule has 2 aromatic carbocycles. The van der Waals surface area contributed by atoms with Crippen molar-refractivity contribution in [2.45, 2.75) is 24.4 Å². The fourth-order valence-electron chi connectivity index (χ4n) is 3.79. The highest BCUT2D eigenvalue weighted by Crippen LogP contribution is 2.29. The third-order valence-electron chi connectivity index (χ3n) is 5.60. The molecule has 0 bridgehead atoms. The molecule has 0 aliphatic rings. The van der Waals surface area contributed by atoms with E-state index in [0.717, 1.165) is 4.88 Å². The molecule has 0 saturated heterocycles. The van der Waals surface area contributed by atoms with Crippen LogP contribution in [0.4, 0.5) is 0 Å². The van der Waals surface area contributed by atoms with Gasteiger partial charge in [0.25, 0.3) is 0 Å². The second-order valence-electron chi connectivity index (χ2n) is 7.80. The van der Waals surface area contributed by atoms with Crippen LogP contribution in [0.2, 0.25) is 0 Å². The molecule has 0 unspecified atom stereocenters. The molecule has 0 aliphatic carbocycles. The Labute approximate surface area is 207 Å². The normalized spacial score (nSPS) is 12.4. The number of hydrogen-bond acceptors (Lipinski definition) is 6. The number of fused-ring (bicyclic) bond motifs is 1. The number of H-pyrrole nitrogens is 1. The minimum Gasteiger partial charge on any atom is -0.496 e. The van der Waals surface area contributed by atoms with E-state index >= 15 is 0 Å². The van der Waals surface area contributed by atoms with Crippen molar-refractivity contribution in [3.8, 4) is 5.75 Å². The number of carbonyl (C=O) groups is 1. The third-order valence-corrected chi connectivity index (χ3v) is 7.88. The number of amides is 1. The maximum absolute atomic E-state index is 13.7. The standard InChI is InChI=1S/C25H25N3O5S2/c1-3-28(16-18-7-6-14-34-18)25(30)24(20-8-4-5-9-22(20)33-2)27-35(31,32)19-11-12-21-17(15-19)10-13-23(29)26-21/h4-15,24,27H,3,16H2,1-2H3,(H,26,29)/t24-/m0/s1. The van der Waals surface area contributed by atoms with Crippen LogP contribution >= 0.6 is 11.3 Å². The van der Waals surface area contributed by atoms with Crippen LogP contribution in [0.5, 0.6) is 5.75 Å². The first kappa shape index (κ1) is 24.6. The molecule has 2 heterocycles. The summed E-state index contributed by atoms with van der Waals surface area (Å²) >= 11 is 1.53. The van der Waals surface area contributed by atoms with Crippen LogP contribution in [0, 0.1) is 0 Å². The van der Waals surface area contributed by atoms with E-state index in [9.17, 15) is 18.0 Å². The van der Waals surface area contributed by atoms with E-state index in [1.807, 2.05) is 24.4 Å². The molecule has 4 aromatic rings. The summed E-state index contributed by atoms with van der Waals surface area (Å²) in [6.07, 6.45) is 0. The second kappa shape index (κ2) is 10.4. The molecular weight excluding hydrogens is 486 g/mol. The number of methoxy groups -OCH3 is 1. The summed E-state index contributed by atoms with van der Waals surface area (Å²) in [5.74, 6) is 0.0101. The summed E-state index contributed by atoms with van der Waals surface area (Å²) in [5.41, 5.74) is 0.652. The zero-order valence-electron chi connectivity index (χ0n) is 19.2. The smallest absolute Gasteiger partial charge is 0.248 e. The molecule has 0 radical (unpaired) electrons. The molecule has 0 saturated carbocycles. The number of carbonyl (C=O) groups excluding carboxylic acids is 1. The minimum atomic E-state index is -4.13. The Morgan fingerprint density at radius 2 is 1.91 bits per heavy atom. The summed E-state index contributed by atoms with van der Waals surface area (Å²) in [6, 6.07) is 16.7. The number of nitrogens with zero attached hydrogens (tertiary/aromatic N) is 1. The van der Waals surface area contributed by atoms with E-state index < -0.39 is 16.1 Å². The van der Waals surface area contributed by atoms with Crippen molar-refractivity contribution < 1.29 is 17.9 Å². The van der Waals surface area contributed by atoms with E-state index in [-0.39, 0.29) is 16.4 Å². The number of nitrogens with one attached hydrogen (secondary N) is 2. The van der Waals surface area contributed by atoms with Crippen LogP contribution in [-0.2, 0) is 21.4 Å². The lowest BCUT2D eigenvalue weighted by molar-refractivity contribution is -0.133. The predicted molar refractivity (Wildman–Crippen MR) is 136 cm³/mol. The summed E-state index contributed by atoms with van der Waals surface area (Å²) in [4.78, 5) is 30.5. The molecule has 2 aromatic heterocycles. The zero-order chi connectivity index (χ0) is 25.0. The maximum atomic E-state index is 13.7. The third kappa shape index (κ3) is 5.45. The highest BCUT2D eigenvalue weighted by Gasteiger charge is 2.32. The number of para-hydroxylation sites is 1. The van der Waals surface area contributed by atoms with Gasteiger partial charge in [-0.25, -0.2) is 8.42 Å². The lowest BCUT2D eigenvalue weighted by Crippen LogP contribution is -2.42. The van der Waals surface area contributed by atoms with Gasteiger partial charge in [-0.05, 0) is 54.1 Å². The van der Waals surface area contributed by atoms with Crippen molar-refractivity contribution in [1.29, 1.82) is 0 Å². The van der Waals surface area contributed by atoms with Gasteiger partial charge in [-0.15, -0.1) is 11.3 Å². The monoisotopic (exact) mass is 511 g/mol. The first-order valence-corrected chi connectivity index (χ1v) is 13.3. The summed E-state index contributed by atoms with van der Waals surface area (Å²) < 4.78 is 35.0. The number of ether oxygens (including phenoxy) is 1. The van der Waals surface area contributed by atoms with E-state index in [1.165, 1.54) is 42.7 Å². The van der Waals surface area contributed by atoms with Crippen LogP contribution in [0.3, 0.4) is 0 Å². The van der Waals surface area contributed by atoms with Gasteiger partial charge >= 0.3 is 0 Å². The molecule has 10 heteroatoms. The minimum absolute atomic E-state index is 0.0222. The van der Waals surface area contributed by atoms with Crippen molar-refractivity contribution in [2.24, 2.45) is 0 Å². The largest absolute Gasteiger partial charge is 0.496 e. The fraction of sp³-hybridized carbons (Fsp3) is 0.200. The molecule has 35 heavy (non-hydrogen) atoms. The van der Waals surface area contributed by atoms with E-state index in [2.05, 4.69) is 9.71 Å². The lowest BCUT2D eigenvalue weighted by atomic mass is 10.1. The number of likely N-dealkylation sites (N-methyl/N-ethyl adjacent to an activating group) is 1. The summed E-state index contributed by atoms with van der Waals surface area (Å²) in [7, 11) is -2.65. The molecule has 1 amide bonds. The molecule has 2 N–H and O–H groups in total. The zero-order valence-corrected chi connectivity index (χ0v) is 20.9. The number of aromatic nitrogens is 1. The second-order valence-corrected chi connectivity index (χ2v) is 10.5. The topological polar surface area (TPSA) is 109 Å². The SMILES string of the molecule is CCN(Cc1cccs1)C(=O)[C@@H](NS(=O)(=O)c1ccc2[nH]c(=O)ccc2c1)c1ccccc1OC. The number of aromatic amines is 1. The Kier molecular flexibility index (Phi) is 7.34. The van der Waals surface area contributed by atoms with Crippen LogP contribution in [0.1, 0.15) is 23.4 Å². The Bertz CT molecular complexity index is 1500. The van der Waals surface area contributed by atoms with Gasteiger partial charge < -0.3 is 14.6 Å². The molecule has 1 atom stereocenters. The quantitative estimate of drug-likeness (QED) is 0.357. The first-order valence-electron chi connectivity index (χ1n) is 10.9. The molecule has 0 aliphatic heterocycles. The Hall–Kier alpha value is -3.47. The summed E-state index contributed by atoms with van der Waals surface area (Å²) in [5, 5.41) is 2.49. The highest BCUT2D eigenvalue weighted by atomic mass is 32.2. The van der Waals surface area contributed by atoms with Crippen LogP contribution < -0.4 is 15.0 Å². The number of sulfonamides is 1. The Morgan fingerprint density at radius 3 is 2.63 bits per heavy atom. The number of pyridine rings is 1. The van der Waals surface area contributed by atoms with Crippen molar-refractivity contribution in [3.05, 3.63) is 92.9 Å². The van der Waals surface area contributed by atoms with Crippen molar-refractivity contribution >= 4 is 38.2 Å². The maximum Gasteiger partial charge on any atom is 0.248 e. The molecule has 4 rings (SSSR count). The van der Waals surface area contributed by atoms with Gasteiger partial charge in [0.15, 0.2) is 0 Å². The lowest BCUT2D eigenvalue weighted by Gasteiger charge is -2.27. The van der Waals surface area contributed by atoms with Gasteiger partial charge in [0.05, 0.1) is 18.6 Å². The fourth-order valence-corrected chi connectivity index (χ4v) is 5.72. The van der Waals surface area contributed by atoms with Crippen molar-refractivity contribution in [3.63, 3.8) is 0 Å².